The summed E-state index contributed by atoms with van der Waals surface area (Å²) in [5.41, 5.74) is 1.47. The van der Waals surface area contributed by atoms with E-state index in [1.807, 2.05) is 0 Å². The predicted molar refractivity (Wildman–Crippen MR) is 87.8 cm³/mol. The van der Waals surface area contributed by atoms with E-state index in [1.165, 1.54) is 37.7 Å². The second kappa shape index (κ2) is 6.23. The highest BCUT2D eigenvalue weighted by Gasteiger charge is 2.19. The van der Waals surface area contributed by atoms with Gasteiger partial charge in [0.05, 0.1) is 8.07 Å². The molecule has 1 aromatic rings. The quantitative estimate of drug-likeness (QED) is 0.751. The van der Waals surface area contributed by atoms with Crippen LogP contribution in [0.4, 0.5) is 0 Å². The van der Waals surface area contributed by atoms with Crippen LogP contribution in [0.5, 0.6) is 0 Å². The van der Waals surface area contributed by atoms with Crippen molar-refractivity contribution < 1.29 is 0 Å². The number of hydrogen-bond donors (Lipinski definition) is 0. The van der Waals surface area contributed by atoms with Crippen molar-refractivity contribution >= 4 is 13.3 Å². The minimum atomic E-state index is -1.14. The van der Waals surface area contributed by atoms with Crippen molar-refractivity contribution in [2.45, 2.75) is 64.3 Å². The van der Waals surface area contributed by atoms with Crippen molar-refractivity contribution in [2.24, 2.45) is 0 Å². The Morgan fingerprint density at radius 2 is 1.58 bits per heavy atom. The van der Waals surface area contributed by atoms with Crippen molar-refractivity contribution in [3.05, 3.63) is 29.8 Å². The standard InChI is InChI=1S/C17H29NSi/c1-18(16-8-6-5-7-9-16)14-15-10-12-17(13-11-15)19(2,3)4/h10-13,16H,5-9,14H2,1-4H3. The van der Waals surface area contributed by atoms with Crippen LogP contribution < -0.4 is 5.19 Å². The molecule has 0 N–H and O–H groups in total. The highest BCUT2D eigenvalue weighted by atomic mass is 28.3. The van der Waals surface area contributed by atoms with Crippen LogP contribution in [-0.2, 0) is 6.54 Å². The van der Waals surface area contributed by atoms with Gasteiger partial charge in [-0.1, -0.05) is 68.4 Å². The van der Waals surface area contributed by atoms with E-state index in [0.29, 0.717) is 0 Å². The average molecular weight is 276 g/mol. The molecule has 1 aliphatic rings. The zero-order valence-electron chi connectivity index (χ0n) is 13.1. The van der Waals surface area contributed by atoms with Gasteiger partial charge in [0.15, 0.2) is 0 Å². The first-order valence-electron chi connectivity index (χ1n) is 7.76. The Labute approximate surface area is 120 Å². The van der Waals surface area contributed by atoms with Gasteiger partial charge in [-0.15, -0.1) is 0 Å². The Kier molecular flexibility index (Phi) is 4.85. The molecule has 0 unspecified atom stereocenters. The summed E-state index contributed by atoms with van der Waals surface area (Å²) < 4.78 is 0. The van der Waals surface area contributed by atoms with E-state index in [4.69, 9.17) is 0 Å². The van der Waals surface area contributed by atoms with Crippen molar-refractivity contribution in [2.75, 3.05) is 7.05 Å². The fourth-order valence-corrected chi connectivity index (χ4v) is 4.22. The summed E-state index contributed by atoms with van der Waals surface area (Å²) in [7, 11) is 1.15. The van der Waals surface area contributed by atoms with Gasteiger partial charge in [0, 0.05) is 12.6 Å². The van der Waals surface area contributed by atoms with E-state index >= 15 is 0 Å². The lowest BCUT2D eigenvalue weighted by molar-refractivity contribution is 0.184. The molecule has 106 valence electrons. The molecule has 0 radical (unpaired) electrons. The molecular weight excluding hydrogens is 246 g/mol. The molecule has 2 rings (SSSR count). The van der Waals surface area contributed by atoms with E-state index in [0.717, 1.165) is 12.6 Å². The molecule has 1 nitrogen and oxygen atoms in total. The highest BCUT2D eigenvalue weighted by Crippen LogP contribution is 2.22. The maximum Gasteiger partial charge on any atom is 0.0775 e. The van der Waals surface area contributed by atoms with Gasteiger partial charge in [0.25, 0.3) is 0 Å². The maximum atomic E-state index is 2.56. The van der Waals surface area contributed by atoms with Crippen LogP contribution >= 0.6 is 0 Å². The smallest absolute Gasteiger partial charge is 0.0775 e. The van der Waals surface area contributed by atoms with E-state index in [-0.39, 0.29) is 0 Å². The molecule has 1 fully saturated rings. The lowest BCUT2D eigenvalue weighted by Gasteiger charge is -2.31. The zero-order chi connectivity index (χ0) is 13.9. The predicted octanol–water partition coefficient (Wildman–Crippen LogP) is 4.00. The van der Waals surface area contributed by atoms with Gasteiger partial charge in [-0.3, -0.25) is 4.90 Å². The SMILES string of the molecule is CN(Cc1ccc([Si](C)(C)C)cc1)C1CCCCC1. The third kappa shape index (κ3) is 4.18. The van der Waals surface area contributed by atoms with Crippen LogP contribution in [0.1, 0.15) is 37.7 Å². The zero-order valence-corrected chi connectivity index (χ0v) is 14.1. The van der Waals surface area contributed by atoms with Crippen LogP contribution in [0.15, 0.2) is 24.3 Å². The summed E-state index contributed by atoms with van der Waals surface area (Å²) in [6, 6.07) is 10.2. The Bertz CT molecular complexity index is 385. The molecule has 2 heteroatoms. The first-order valence-corrected chi connectivity index (χ1v) is 11.3. The minimum Gasteiger partial charge on any atom is -0.299 e. The van der Waals surface area contributed by atoms with Crippen LogP contribution in [0, 0.1) is 0 Å². The first-order chi connectivity index (χ1) is 8.97. The monoisotopic (exact) mass is 275 g/mol. The number of rotatable bonds is 4. The molecule has 0 heterocycles. The molecule has 0 atom stereocenters. The van der Waals surface area contributed by atoms with Gasteiger partial charge < -0.3 is 0 Å². The first kappa shape index (κ1) is 14.8. The Morgan fingerprint density at radius 3 is 2.11 bits per heavy atom. The molecule has 0 spiro atoms. The number of nitrogens with zero attached hydrogens (tertiary/aromatic N) is 1. The highest BCUT2D eigenvalue weighted by molar-refractivity contribution is 6.88. The van der Waals surface area contributed by atoms with Gasteiger partial charge in [0.1, 0.15) is 0 Å². The molecule has 0 aliphatic heterocycles. The fourth-order valence-electron chi connectivity index (χ4n) is 3.05. The van der Waals surface area contributed by atoms with Gasteiger partial charge in [-0.2, -0.15) is 0 Å². The summed E-state index contributed by atoms with van der Waals surface area (Å²) >= 11 is 0. The van der Waals surface area contributed by atoms with E-state index < -0.39 is 8.07 Å². The van der Waals surface area contributed by atoms with Gasteiger partial charge >= 0.3 is 0 Å². The molecule has 1 aliphatic carbocycles. The topological polar surface area (TPSA) is 3.24 Å². The lowest BCUT2D eigenvalue weighted by Crippen LogP contribution is -2.37. The van der Waals surface area contributed by atoms with Gasteiger partial charge in [0.2, 0.25) is 0 Å². The lowest BCUT2D eigenvalue weighted by atomic mass is 9.94. The average Bonchev–Trinajstić information content (AvgIpc) is 2.39. The molecule has 0 amide bonds. The van der Waals surface area contributed by atoms with Crippen molar-refractivity contribution in [3.8, 4) is 0 Å². The van der Waals surface area contributed by atoms with Crippen molar-refractivity contribution in [1.82, 2.24) is 4.90 Å². The third-order valence-corrected chi connectivity index (χ3v) is 6.52. The second-order valence-electron chi connectivity index (χ2n) is 7.15. The summed E-state index contributed by atoms with van der Waals surface area (Å²) in [4.78, 5) is 2.56. The van der Waals surface area contributed by atoms with Crippen LogP contribution in [0.2, 0.25) is 19.6 Å². The van der Waals surface area contributed by atoms with Crippen LogP contribution in [0.3, 0.4) is 0 Å². The van der Waals surface area contributed by atoms with E-state index in [9.17, 15) is 0 Å². The Balaban J connectivity index is 1.95. The fraction of sp³-hybridized carbons (Fsp3) is 0.647. The number of benzene rings is 1. The Morgan fingerprint density at radius 1 is 1.00 bits per heavy atom. The van der Waals surface area contributed by atoms with E-state index in [2.05, 4.69) is 55.9 Å². The molecule has 1 aromatic carbocycles. The van der Waals surface area contributed by atoms with Crippen LogP contribution in [0.25, 0.3) is 0 Å². The molecule has 0 saturated heterocycles. The maximum absolute atomic E-state index is 2.56. The summed E-state index contributed by atoms with van der Waals surface area (Å²) in [6.45, 7) is 8.35. The molecule has 0 bridgehead atoms. The normalized spacial score (nSPS) is 17.9. The number of hydrogen-bond acceptors (Lipinski definition) is 1. The second-order valence-corrected chi connectivity index (χ2v) is 12.2. The largest absolute Gasteiger partial charge is 0.299 e. The minimum absolute atomic E-state index is 0.811. The van der Waals surface area contributed by atoms with Crippen molar-refractivity contribution in [3.63, 3.8) is 0 Å². The molecule has 19 heavy (non-hydrogen) atoms. The molecule has 0 aromatic heterocycles. The van der Waals surface area contributed by atoms with Gasteiger partial charge in [-0.25, -0.2) is 0 Å². The molecule has 1 saturated carbocycles. The summed E-state index contributed by atoms with van der Waals surface area (Å²) in [5, 5.41) is 1.57. The van der Waals surface area contributed by atoms with Crippen molar-refractivity contribution in [1.29, 1.82) is 0 Å². The van der Waals surface area contributed by atoms with E-state index in [1.54, 1.807) is 5.19 Å². The Hall–Kier alpha value is -0.603. The molecular formula is C17H29NSi. The summed E-state index contributed by atoms with van der Waals surface area (Å²) in [5.74, 6) is 0. The third-order valence-electron chi connectivity index (χ3n) is 4.45. The summed E-state index contributed by atoms with van der Waals surface area (Å²) in [6.07, 6.45) is 7.06. The van der Waals surface area contributed by atoms with Crippen LogP contribution in [-0.4, -0.2) is 26.1 Å². The van der Waals surface area contributed by atoms with Gasteiger partial charge in [-0.05, 0) is 25.5 Å².